The van der Waals surface area contributed by atoms with Crippen molar-refractivity contribution in [2.24, 2.45) is 5.92 Å². The molecule has 0 aromatic heterocycles. The normalized spacial score (nSPS) is 17.4. The summed E-state index contributed by atoms with van der Waals surface area (Å²) in [4.78, 5) is 14.7. The monoisotopic (exact) mass is 338 g/mol. The number of hydrogen-bond acceptors (Lipinski definition) is 2. The third-order valence-corrected chi connectivity index (χ3v) is 4.49. The summed E-state index contributed by atoms with van der Waals surface area (Å²) in [5.74, 6) is 0.570. The SMILES string of the molecule is CC(C)C(CNC(=O)c1ccc(Br)cc1)N1CCCC1. The Balaban J connectivity index is 1.91. The van der Waals surface area contributed by atoms with Crippen molar-refractivity contribution in [3.63, 3.8) is 0 Å². The van der Waals surface area contributed by atoms with Gasteiger partial charge in [-0.2, -0.15) is 0 Å². The average molecular weight is 339 g/mol. The van der Waals surface area contributed by atoms with Crippen molar-refractivity contribution in [3.05, 3.63) is 34.3 Å². The fraction of sp³-hybridized carbons (Fsp3) is 0.562. The van der Waals surface area contributed by atoms with Gasteiger partial charge in [-0.15, -0.1) is 0 Å². The molecule has 1 N–H and O–H groups in total. The Morgan fingerprint density at radius 3 is 2.40 bits per heavy atom. The zero-order valence-corrected chi connectivity index (χ0v) is 13.8. The van der Waals surface area contributed by atoms with E-state index in [1.165, 1.54) is 12.8 Å². The fourth-order valence-corrected chi connectivity index (χ4v) is 3.02. The van der Waals surface area contributed by atoms with E-state index in [1.807, 2.05) is 24.3 Å². The highest BCUT2D eigenvalue weighted by Gasteiger charge is 2.24. The summed E-state index contributed by atoms with van der Waals surface area (Å²) in [5, 5.41) is 3.08. The summed E-state index contributed by atoms with van der Waals surface area (Å²) in [6.07, 6.45) is 2.56. The number of hydrogen-bond donors (Lipinski definition) is 1. The molecule has 110 valence electrons. The molecule has 0 aliphatic carbocycles. The minimum atomic E-state index is 0.0161. The lowest BCUT2D eigenvalue weighted by molar-refractivity contribution is 0.0927. The Bertz CT molecular complexity index is 438. The number of carbonyl (C=O) groups excluding carboxylic acids is 1. The Kier molecular flexibility index (Phi) is 5.61. The molecular weight excluding hydrogens is 316 g/mol. The van der Waals surface area contributed by atoms with Crippen molar-refractivity contribution in [2.45, 2.75) is 32.7 Å². The Hall–Kier alpha value is -0.870. The van der Waals surface area contributed by atoms with E-state index in [0.717, 1.165) is 29.7 Å². The van der Waals surface area contributed by atoms with Crippen molar-refractivity contribution in [2.75, 3.05) is 19.6 Å². The van der Waals surface area contributed by atoms with Crippen LogP contribution in [-0.4, -0.2) is 36.5 Å². The molecule has 1 amide bonds. The maximum atomic E-state index is 12.2. The number of nitrogens with zero attached hydrogens (tertiary/aromatic N) is 1. The second-order valence-corrected chi connectivity index (χ2v) is 6.69. The van der Waals surface area contributed by atoms with Crippen LogP contribution in [0.1, 0.15) is 37.0 Å². The van der Waals surface area contributed by atoms with E-state index >= 15 is 0 Å². The van der Waals surface area contributed by atoms with Crippen LogP contribution >= 0.6 is 15.9 Å². The molecule has 1 atom stereocenters. The van der Waals surface area contributed by atoms with E-state index in [0.29, 0.717) is 12.0 Å². The maximum absolute atomic E-state index is 12.2. The first-order valence-corrected chi connectivity index (χ1v) is 8.15. The molecule has 1 aliphatic rings. The van der Waals surface area contributed by atoms with Crippen molar-refractivity contribution >= 4 is 21.8 Å². The predicted octanol–water partition coefficient (Wildman–Crippen LogP) is 3.30. The number of nitrogens with one attached hydrogen (secondary N) is 1. The first kappa shape index (κ1) is 15.5. The number of rotatable bonds is 5. The fourth-order valence-electron chi connectivity index (χ4n) is 2.76. The molecule has 1 heterocycles. The molecular formula is C16H23BrN2O. The van der Waals surface area contributed by atoms with Gasteiger partial charge in [0.25, 0.3) is 5.91 Å². The van der Waals surface area contributed by atoms with Crippen molar-refractivity contribution in [3.8, 4) is 0 Å². The van der Waals surface area contributed by atoms with Crippen molar-refractivity contribution in [1.29, 1.82) is 0 Å². The zero-order valence-electron chi connectivity index (χ0n) is 12.2. The zero-order chi connectivity index (χ0) is 14.5. The third kappa shape index (κ3) is 4.06. The molecule has 4 heteroatoms. The van der Waals surface area contributed by atoms with Gasteiger partial charge in [0.2, 0.25) is 0 Å². The quantitative estimate of drug-likeness (QED) is 0.893. The second-order valence-electron chi connectivity index (χ2n) is 5.77. The lowest BCUT2D eigenvalue weighted by Crippen LogP contribution is -2.45. The van der Waals surface area contributed by atoms with E-state index in [9.17, 15) is 4.79 Å². The summed E-state index contributed by atoms with van der Waals surface area (Å²) in [5.41, 5.74) is 0.720. The summed E-state index contributed by atoms with van der Waals surface area (Å²) < 4.78 is 0.992. The molecule has 1 saturated heterocycles. The summed E-state index contributed by atoms with van der Waals surface area (Å²) in [7, 11) is 0. The number of likely N-dealkylation sites (tertiary alicyclic amines) is 1. The van der Waals surface area contributed by atoms with Crippen LogP contribution in [0.15, 0.2) is 28.7 Å². The largest absolute Gasteiger partial charge is 0.350 e. The summed E-state index contributed by atoms with van der Waals surface area (Å²) in [6.45, 7) is 7.52. The van der Waals surface area contributed by atoms with Crippen LogP contribution in [0.2, 0.25) is 0 Å². The lowest BCUT2D eigenvalue weighted by Gasteiger charge is -2.31. The van der Waals surface area contributed by atoms with Crippen molar-refractivity contribution < 1.29 is 4.79 Å². The lowest BCUT2D eigenvalue weighted by atomic mass is 10.0. The minimum Gasteiger partial charge on any atom is -0.350 e. The van der Waals surface area contributed by atoms with Gasteiger partial charge in [0.1, 0.15) is 0 Å². The first-order chi connectivity index (χ1) is 9.58. The van der Waals surface area contributed by atoms with Crippen LogP contribution < -0.4 is 5.32 Å². The van der Waals surface area contributed by atoms with Crippen molar-refractivity contribution in [1.82, 2.24) is 10.2 Å². The highest BCUT2D eigenvalue weighted by molar-refractivity contribution is 9.10. The molecule has 0 saturated carbocycles. The summed E-state index contributed by atoms with van der Waals surface area (Å²) in [6, 6.07) is 7.93. The molecule has 0 radical (unpaired) electrons. The third-order valence-electron chi connectivity index (χ3n) is 3.96. The number of amides is 1. The number of halogens is 1. The van der Waals surface area contributed by atoms with Gasteiger partial charge in [-0.1, -0.05) is 29.8 Å². The number of benzene rings is 1. The Labute approximate surface area is 129 Å². The molecule has 3 nitrogen and oxygen atoms in total. The molecule has 1 aliphatic heterocycles. The van der Waals surface area contributed by atoms with Crippen LogP contribution in [0.3, 0.4) is 0 Å². The molecule has 1 fully saturated rings. The smallest absolute Gasteiger partial charge is 0.251 e. The molecule has 1 unspecified atom stereocenters. The summed E-state index contributed by atoms with van der Waals surface area (Å²) >= 11 is 3.38. The minimum absolute atomic E-state index is 0.0161. The Morgan fingerprint density at radius 2 is 1.85 bits per heavy atom. The van der Waals surface area contributed by atoms with Crippen LogP contribution in [-0.2, 0) is 0 Å². The van der Waals surface area contributed by atoms with Crippen LogP contribution in [0.25, 0.3) is 0 Å². The molecule has 1 aromatic carbocycles. The van der Waals surface area contributed by atoms with Gasteiger partial charge in [0, 0.05) is 22.6 Å². The van der Waals surface area contributed by atoms with Crippen LogP contribution in [0, 0.1) is 5.92 Å². The van der Waals surface area contributed by atoms with Crippen LogP contribution in [0.5, 0.6) is 0 Å². The molecule has 0 spiro atoms. The topological polar surface area (TPSA) is 32.3 Å². The first-order valence-electron chi connectivity index (χ1n) is 7.35. The number of carbonyl (C=O) groups is 1. The predicted molar refractivity (Wildman–Crippen MR) is 85.9 cm³/mol. The Morgan fingerprint density at radius 1 is 1.25 bits per heavy atom. The van der Waals surface area contributed by atoms with Gasteiger partial charge in [-0.05, 0) is 56.1 Å². The maximum Gasteiger partial charge on any atom is 0.251 e. The molecule has 2 rings (SSSR count). The standard InChI is InChI=1S/C16H23BrN2O/c1-12(2)15(19-9-3-4-10-19)11-18-16(20)13-5-7-14(17)8-6-13/h5-8,12,15H,3-4,9-11H2,1-2H3,(H,18,20). The van der Waals surface area contributed by atoms with Gasteiger partial charge in [0.05, 0.1) is 0 Å². The van der Waals surface area contributed by atoms with E-state index < -0.39 is 0 Å². The van der Waals surface area contributed by atoms with Gasteiger partial charge in [-0.25, -0.2) is 0 Å². The average Bonchev–Trinajstić information content (AvgIpc) is 2.93. The van der Waals surface area contributed by atoms with Gasteiger partial charge >= 0.3 is 0 Å². The molecule has 20 heavy (non-hydrogen) atoms. The highest BCUT2D eigenvalue weighted by atomic mass is 79.9. The molecule has 1 aromatic rings. The van der Waals surface area contributed by atoms with E-state index in [1.54, 1.807) is 0 Å². The van der Waals surface area contributed by atoms with E-state index in [-0.39, 0.29) is 5.91 Å². The van der Waals surface area contributed by atoms with Gasteiger partial charge in [0.15, 0.2) is 0 Å². The van der Waals surface area contributed by atoms with E-state index in [2.05, 4.69) is 40.0 Å². The van der Waals surface area contributed by atoms with Gasteiger partial charge < -0.3 is 5.32 Å². The van der Waals surface area contributed by atoms with Crippen LogP contribution in [0.4, 0.5) is 0 Å². The van der Waals surface area contributed by atoms with E-state index in [4.69, 9.17) is 0 Å². The highest BCUT2D eigenvalue weighted by Crippen LogP contribution is 2.17. The van der Waals surface area contributed by atoms with Gasteiger partial charge in [-0.3, -0.25) is 9.69 Å². The molecule has 0 bridgehead atoms. The second kappa shape index (κ2) is 7.23.